The molecular weight excluding hydrogens is 550 g/mol. The van der Waals surface area contributed by atoms with Crippen LogP contribution in [0.1, 0.15) is 58.4 Å². The molecular formula is C33H29N3O5S. The molecule has 212 valence electrons. The molecule has 0 bridgehead atoms. The van der Waals surface area contributed by atoms with E-state index in [1.54, 1.807) is 29.4 Å². The maximum absolute atomic E-state index is 13.9. The molecule has 8 nitrogen and oxygen atoms in total. The maximum atomic E-state index is 13.9. The number of aromatic nitrogens is 2. The van der Waals surface area contributed by atoms with Crippen molar-refractivity contribution in [2.45, 2.75) is 45.7 Å². The molecule has 1 aliphatic carbocycles. The van der Waals surface area contributed by atoms with Gasteiger partial charge in [0.2, 0.25) is 5.91 Å². The number of nitrogens with zero attached hydrogens (tertiary/aromatic N) is 3. The molecule has 0 atom stereocenters. The van der Waals surface area contributed by atoms with Crippen molar-refractivity contribution >= 4 is 45.7 Å². The van der Waals surface area contributed by atoms with Crippen molar-refractivity contribution in [3.8, 4) is 21.8 Å². The minimum atomic E-state index is -1.10. The zero-order chi connectivity index (χ0) is 29.0. The maximum Gasteiger partial charge on any atom is 0.348 e. The van der Waals surface area contributed by atoms with E-state index in [0.29, 0.717) is 27.8 Å². The molecule has 1 N–H and O–H groups in total. The summed E-state index contributed by atoms with van der Waals surface area (Å²) in [6, 6.07) is 18.7. The van der Waals surface area contributed by atoms with Gasteiger partial charge in [-0.05, 0) is 79.6 Å². The third kappa shape index (κ3) is 4.54. The van der Waals surface area contributed by atoms with E-state index in [2.05, 4.69) is 6.92 Å². The zero-order valence-electron chi connectivity index (χ0n) is 23.1. The summed E-state index contributed by atoms with van der Waals surface area (Å²) < 4.78 is 7.51. The fourth-order valence-electron chi connectivity index (χ4n) is 6.24. The lowest BCUT2D eigenvalue weighted by molar-refractivity contribution is -0.123. The third-order valence-electron chi connectivity index (χ3n) is 8.52. The number of hydrogen-bond donors (Lipinski definition) is 1. The van der Waals surface area contributed by atoms with Gasteiger partial charge in [-0.1, -0.05) is 25.1 Å². The summed E-state index contributed by atoms with van der Waals surface area (Å²) >= 11 is 1.11. The Kier molecular flexibility index (Phi) is 6.54. The second kappa shape index (κ2) is 10.4. The monoisotopic (exact) mass is 579 g/mol. The molecule has 0 unspecified atom stereocenters. The van der Waals surface area contributed by atoms with Gasteiger partial charge in [0.15, 0.2) is 5.78 Å². The molecule has 1 saturated carbocycles. The number of fused-ring (bicyclic) bond motifs is 5. The first kappa shape index (κ1) is 26.4. The van der Waals surface area contributed by atoms with E-state index in [0.717, 1.165) is 65.0 Å². The van der Waals surface area contributed by atoms with Gasteiger partial charge >= 0.3 is 5.97 Å². The number of furan rings is 1. The lowest BCUT2D eigenvalue weighted by Gasteiger charge is -2.30. The Hall–Kier alpha value is -4.50. The van der Waals surface area contributed by atoms with Crippen molar-refractivity contribution in [1.82, 2.24) is 9.55 Å². The summed E-state index contributed by atoms with van der Waals surface area (Å²) in [5.41, 5.74) is 4.14. The molecule has 1 fully saturated rings. The van der Waals surface area contributed by atoms with Crippen LogP contribution in [0.2, 0.25) is 0 Å². The molecule has 7 rings (SSSR count). The smallest absolute Gasteiger partial charge is 0.348 e. The average molecular weight is 580 g/mol. The quantitative estimate of drug-likeness (QED) is 0.227. The number of carboxylic acid groups (broad SMARTS) is 1. The highest BCUT2D eigenvalue weighted by Gasteiger charge is 2.33. The van der Waals surface area contributed by atoms with Gasteiger partial charge in [0, 0.05) is 21.9 Å². The zero-order valence-corrected chi connectivity index (χ0v) is 23.9. The molecule has 1 aliphatic heterocycles. The third-order valence-corrected chi connectivity index (χ3v) is 9.69. The Balaban J connectivity index is 1.29. The van der Waals surface area contributed by atoms with Crippen molar-refractivity contribution in [3.05, 3.63) is 83.1 Å². The summed E-state index contributed by atoms with van der Waals surface area (Å²) in [6.07, 6.45) is 5.07. The number of Topliss-reactive ketones (excluding diaryl/α,β-unsaturated/α-hetero) is 1. The highest BCUT2D eigenvalue weighted by atomic mass is 32.1. The van der Waals surface area contributed by atoms with Crippen LogP contribution in [0.5, 0.6) is 0 Å². The summed E-state index contributed by atoms with van der Waals surface area (Å²) in [7, 11) is 0. The minimum Gasteiger partial charge on any atom is -0.477 e. The van der Waals surface area contributed by atoms with Crippen LogP contribution in [-0.4, -0.2) is 32.3 Å². The summed E-state index contributed by atoms with van der Waals surface area (Å²) in [5.74, 6) is 0.535. The Bertz CT molecular complexity index is 1840. The number of benzene rings is 2. The molecule has 2 aliphatic rings. The predicted octanol–water partition coefficient (Wildman–Crippen LogP) is 7.28. The van der Waals surface area contributed by atoms with Crippen molar-refractivity contribution in [2.75, 3.05) is 4.90 Å². The largest absolute Gasteiger partial charge is 0.477 e. The lowest BCUT2D eigenvalue weighted by atomic mass is 9.82. The van der Waals surface area contributed by atoms with Crippen molar-refractivity contribution in [3.63, 3.8) is 0 Å². The number of carboxylic acids is 1. The first-order valence-electron chi connectivity index (χ1n) is 14.2. The molecule has 0 saturated heterocycles. The molecule has 3 aromatic heterocycles. The van der Waals surface area contributed by atoms with E-state index in [4.69, 9.17) is 9.40 Å². The first-order chi connectivity index (χ1) is 20.4. The summed E-state index contributed by atoms with van der Waals surface area (Å²) in [6.45, 7) is 2.54. The van der Waals surface area contributed by atoms with E-state index in [9.17, 15) is 19.5 Å². The van der Waals surface area contributed by atoms with E-state index in [1.165, 1.54) is 0 Å². The SMILES string of the molecule is CC1CCC(C(=O)N(Cc2ccco2)c2cc(-c3ccc4c(c3)C(=O)Cn3c-4nc4ccccc43)sc2C(=O)O)CC1. The first-order valence-corrected chi connectivity index (χ1v) is 15.0. The number of imidazole rings is 1. The number of aromatic carboxylic acids is 1. The van der Waals surface area contributed by atoms with Gasteiger partial charge in [-0.3, -0.25) is 9.59 Å². The fourth-order valence-corrected chi connectivity index (χ4v) is 7.23. The fraction of sp³-hybridized carbons (Fsp3) is 0.273. The molecule has 4 heterocycles. The van der Waals surface area contributed by atoms with Crippen LogP contribution in [0.4, 0.5) is 5.69 Å². The van der Waals surface area contributed by atoms with Crippen molar-refractivity contribution < 1.29 is 23.9 Å². The van der Waals surface area contributed by atoms with Crippen LogP contribution < -0.4 is 4.90 Å². The molecule has 9 heteroatoms. The minimum absolute atomic E-state index is 0.0288. The number of thiophene rings is 1. The summed E-state index contributed by atoms with van der Waals surface area (Å²) in [5, 5.41) is 10.2. The average Bonchev–Trinajstić information content (AvgIpc) is 3.75. The van der Waals surface area contributed by atoms with E-state index >= 15 is 0 Å². The number of amides is 1. The van der Waals surface area contributed by atoms with Gasteiger partial charge in [-0.25, -0.2) is 9.78 Å². The van der Waals surface area contributed by atoms with E-state index in [-0.39, 0.29) is 35.6 Å². The Labute approximate surface area is 246 Å². The molecule has 2 aromatic carbocycles. The van der Waals surface area contributed by atoms with E-state index in [1.807, 2.05) is 47.0 Å². The van der Waals surface area contributed by atoms with Gasteiger partial charge in [0.25, 0.3) is 0 Å². The van der Waals surface area contributed by atoms with Gasteiger partial charge in [0.1, 0.15) is 16.5 Å². The molecule has 0 spiro atoms. The van der Waals surface area contributed by atoms with Crippen molar-refractivity contribution in [2.24, 2.45) is 11.8 Å². The van der Waals surface area contributed by atoms with Crippen LogP contribution in [0.25, 0.3) is 32.9 Å². The number of ketones is 1. The van der Waals surface area contributed by atoms with Crippen molar-refractivity contribution in [1.29, 1.82) is 0 Å². The Morgan fingerprint density at radius 2 is 1.86 bits per heavy atom. The Morgan fingerprint density at radius 3 is 2.62 bits per heavy atom. The second-order valence-corrected chi connectivity index (χ2v) is 12.3. The number of carbonyl (C=O) groups excluding carboxylic acids is 2. The molecule has 42 heavy (non-hydrogen) atoms. The normalized spacial score (nSPS) is 18.1. The van der Waals surface area contributed by atoms with Gasteiger partial charge in [-0.2, -0.15) is 0 Å². The van der Waals surface area contributed by atoms with Crippen LogP contribution in [0.3, 0.4) is 0 Å². The number of para-hydroxylation sites is 2. The topological polar surface area (TPSA) is 106 Å². The van der Waals surface area contributed by atoms with Crippen LogP contribution in [-0.2, 0) is 17.9 Å². The molecule has 1 amide bonds. The second-order valence-electron chi connectivity index (χ2n) is 11.3. The highest BCUT2D eigenvalue weighted by molar-refractivity contribution is 7.18. The molecule has 0 radical (unpaired) electrons. The lowest BCUT2D eigenvalue weighted by Crippen LogP contribution is -2.37. The number of hydrogen-bond acceptors (Lipinski definition) is 6. The molecule has 5 aromatic rings. The van der Waals surface area contributed by atoms with Gasteiger partial charge < -0.3 is 19.0 Å². The van der Waals surface area contributed by atoms with Crippen LogP contribution in [0.15, 0.2) is 71.3 Å². The van der Waals surface area contributed by atoms with Gasteiger partial charge in [0.05, 0.1) is 36.1 Å². The Morgan fingerprint density at radius 1 is 1.05 bits per heavy atom. The predicted molar refractivity (Wildman–Crippen MR) is 161 cm³/mol. The van der Waals surface area contributed by atoms with E-state index < -0.39 is 5.97 Å². The number of carbonyl (C=O) groups is 3. The van der Waals surface area contributed by atoms with Gasteiger partial charge in [-0.15, -0.1) is 11.3 Å². The summed E-state index contributed by atoms with van der Waals surface area (Å²) in [4.78, 5) is 46.9. The van der Waals surface area contributed by atoms with Crippen LogP contribution >= 0.6 is 11.3 Å². The number of rotatable bonds is 6. The highest BCUT2D eigenvalue weighted by Crippen LogP contribution is 2.42. The van der Waals surface area contributed by atoms with Crippen LogP contribution in [0, 0.1) is 11.8 Å². The number of anilines is 1. The standard InChI is InChI=1S/C33H29N3O5S/c1-19-8-10-20(11-9-19)32(38)36(17-22-5-4-14-41-22)27-16-29(42-30(27)33(39)40)21-12-13-23-24(15-21)28(37)18-35-26-7-3-2-6-25(26)34-31(23)35/h2-7,12-16,19-20H,8-11,17-18H2,1H3,(H,39,40).